The van der Waals surface area contributed by atoms with Crippen LogP contribution in [0.25, 0.3) is 22.7 Å². The Morgan fingerprint density at radius 2 is 1.79 bits per heavy atom. The van der Waals surface area contributed by atoms with Crippen molar-refractivity contribution in [1.82, 2.24) is 19.9 Å². The molecule has 0 N–H and O–H groups in total. The molecule has 0 spiro atoms. The Labute approximate surface area is 160 Å². The van der Waals surface area contributed by atoms with Crippen LogP contribution in [0.2, 0.25) is 0 Å². The molecule has 8 heteroatoms. The summed E-state index contributed by atoms with van der Waals surface area (Å²) in [4.78, 5) is 29.5. The first-order valence-corrected chi connectivity index (χ1v) is 9.05. The topological polar surface area (TPSA) is 88.5 Å². The van der Waals surface area contributed by atoms with E-state index in [0.29, 0.717) is 55.0 Å². The lowest BCUT2D eigenvalue weighted by atomic mass is 10.2. The second-order valence-electron chi connectivity index (χ2n) is 6.50. The molecule has 140 valence electrons. The van der Waals surface area contributed by atoms with E-state index in [1.54, 1.807) is 11.1 Å². The Morgan fingerprint density at radius 3 is 2.57 bits per heavy atom. The number of fused-ring (bicyclic) bond motifs is 1. The maximum Gasteiger partial charge on any atom is 0.300 e. The summed E-state index contributed by atoms with van der Waals surface area (Å²) in [6.07, 6.45) is 3.11. The third kappa shape index (κ3) is 2.98. The minimum absolute atomic E-state index is 0.134. The number of piperazine rings is 1. The summed E-state index contributed by atoms with van der Waals surface area (Å²) in [5.74, 6) is 0.311. The number of hydrogen-bond donors (Lipinski definition) is 0. The van der Waals surface area contributed by atoms with Crippen molar-refractivity contribution < 1.29 is 13.6 Å². The lowest BCUT2D eigenvalue weighted by Crippen LogP contribution is -2.49. The normalized spacial score (nSPS) is 14.6. The average Bonchev–Trinajstić information content (AvgIpc) is 3.41. The molecule has 0 aliphatic carbocycles. The van der Waals surface area contributed by atoms with E-state index in [9.17, 15) is 4.79 Å². The van der Waals surface area contributed by atoms with Gasteiger partial charge in [0.05, 0.1) is 0 Å². The SMILES string of the molecule is O=C(c1coc(-c2ccccc2)n1)N1CCN(c2nc3ncccc3o2)CC1. The summed E-state index contributed by atoms with van der Waals surface area (Å²) >= 11 is 0. The first-order valence-electron chi connectivity index (χ1n) is 9.05. The van der Waals surface area contributed by atoms with Crippen molar-refractivity contribution in [1.29, 1.82) is 0 Å². The number of rotatable bonds is 3. The lowest BCUT2D eigenvalue weighted by molar-refractivity contribution is 0.0739. The third-order valence-electron chi connectivity index (χ3n) is 4.74. The van der Waals surface area contributed by atoms with Gasteiger partial charge in [-0.1, -0.05) is 18.2 Å². The van der Waals surface area contributed by atoms with Crippen LogP contribution in [0.1, 0.15) is 10.5 Å². The standard InChI is InChI=1S/C20H17N5O3/c26-19(15-13-27-18(22-15)14-5-2-1-3-6-14)24-9-11-25(12-10-24)20-23-17-16(28-20)7-4-8-21-17/h1-8,13H,9-12H2. The summed E-state index contributed by atoms with van der Waals surface area (Å²) < 4.78 is 11.2. The van der Waals surface area contributed by atoms with Crippen molar-refractivity contribution >= 4 is 23.2 Å². The zero-order valence-corrected chi connectivity index (χ0v) is 15.0. The number of carbonyl (C=O) groups is 1. The molecule has 1 amide bonds. The fourth-order valence-electron chi connectivity index (χ4n) is 3.24. The molecule has 1 saturated heterocycles. The minimum atomic E-state index is -0.134. The summed E-state index contributed by atoms with van der Waals surface area (Å²) in [7, 11) is 0. The van der Waals surface area contributed by atoms with E-state index in [2.05, 4.69) is 15.0 Å². The monoisotopic (exact) mass is 375 g/mol. The maximum atomic E-state index is 12.8. The first kappa shape index (κ1) is 16.5. The van der Waals surface area contributed by atoms with Crippen molar-refractivity contribution in [2.45, 2.75) is 0 Å². The predicted molar refractivity (Wildman–Crippen MR) is 102 cm³/mol. The number of aromatic nitrogens is 3. The van der Waals surface area contributed by atoms with Gasteiger partial charge in [0.15, 0.2) is 11.3 Å². The number of pyridine rings is 1. The van der Waals surface area contributed by atoms with Crippen molar-refractivity contribution in [2.24, 2.45) is 0 Å². The van der Waals surface area contributed by atoms with Crippen molar-refractivity contribution in [3.05, 3.63) is 60.6 Å². The second-order valence-corrected chi connectivity index (χ2v) is 6.50. The maximum absolute atomic E-state index is 12.8. The molecule has 3 aromatic heterocycles. The van der Waals surface area contributed by atoms with Crippen LogP contribution in [0.5, 0.6) is 0 Å². The molecular formula is C20H17N5O3. The Kier molecular flexibility index (Phi) is 4.01. The molecule has 5 rings (SSSR count). The van der Waals surface area contributed by atoms with Crippen LogP contribution in [-0.2, 0) is 0 Å². The fourth-order valence-corrected chi connectivity index (χ4v) is 3.24. The van der Waals surface area contributed by atoms with Crippen LogP contribution in [-0.4, -0.2) is 51.9 Å². The third-order valence-corrected chi connectivity index (χ3v) is 4.74. The van der Waals surface area contributed by atoms with Crippen LogP contribution in [0.4, 0.5) is 6.01 Å². The summed E-state index contributed by atoms with van der Waals surface area (Å²) in [6.45, 7) is 2.36. The number of anilines is 1. The van der Waals surface area contributed by atoms with Crippen LogP contribution in [0.15, 0.2) is 63.8 Å². The Morgan fingerprint density at radius 1 is 0.964 bits per heavy atom. The van der Waals surface area contributed by atoms with Crippen molar-refractivity contribution in [3.63, 3.8) is 0 Å². The smallest absolute Gasteiger partial charge is 0.300 e. The molecule has 8 nitrogen and oxygen atoms in total. The van der Waals surface area contributed by atoms with Gasteiger partial charge in [-0.2, -0.15) is 4.98 Å². The number of hydrogen-bond acceptors (Lipinski definition) is 7. The molecule has 0 bridgehead atoms. The van der Waals surface area contributed by atoms with Gasteiger partial charge < -0.3 is 18.6 Å². The van der Waals surface area contributed by atoms with E-state index < -0.39 is 0 Å². The van der Waals surface area contributed by atoms with Crippen molar-refractivity contribution in [2.75, 3.05) is 31.1 Å². The van der Waals surface area contributed by atoms with Crippen LogP contribution >= 0.6 is 0 Å². The average molecular weight is 375 g/mol. The van der Waals surface area contributed by atoms with Crippen LogP contribution < -0.4 is 4.90 Å². The highest BCUT2D eigenvalue weighted by Gasteiger charge is 2.26. The highest BCUT2D eigenvalue weighted by Crippen LogP contribution is 2.22. The molecule has 4 aromatic rings. The van der Waals surface area contributed by atoms with Crippen LogP contribution in [0.3, 0.4) is 0 Å². The molecule has 1 aromatic carbocycles. The number of nitrogens with zero attached hydrogens (tertiary/aromatic N) is 5. The van der Waals surface area contributed by atoms with Gasteiger partial charge >= 0.3 is 0 Å². The van der Waals surface area contributed by atoms with Gasteiger partial charge in [0.2, 0.25) is 11.5 Å². The zero-order chi connectivity index (χ0) is 18.9. The molecule has 1 aliphatic rings. The largest absolute Gasteiger partial charge is 0.444 e. The van der Waals surface area contributed by atoms with E-state index in [-0.39, 0.29) is 5.91 Å². The Bertz CT molecular complexity index is 1080. The van der Waals surface area contributed by atoms with Gasteiger partial charge in [0.1, 0.15) is 6.26 Å². The number of benzene rings is 1. The molecule has 0 atom stereocenters. The van der Waals surface area contributed by atoms with E-state index >= 15 is 0 Å². The highest BCUT2D eigenvalue weighted by atomic mass is 16.4. The summed E-state index contributed by atoms with van der Waals surface area (Å²) in [5, 5.41) is 0. The minimum Gasteiger partial charge on any atom is -0.444 e. The molecule has 0 saturated carbocycles. The van der Waals surface area contributed by atoms with Crippen LogP contribution in [0, 0.1) is 0 Å². The van der Waals surface area contributed by atoms with E-state index in [0.717, 1.165) is 5.56 Å². The van der Waals surface area contributed by atoms with E-state index in [1.165, 1.54) is 6.26 Å². The van der Waals surface area contributed by atoms with Gasteiger partial charge in [0.25, 0.3) is 11.9 Å². The number of oxazole rings is 2. The molecule has 28 heavy (non-hydrogen) atoms. The van der Waals surface area contributed by atoms with Gasteiger partial charge in [-0.25, -0.2) is 9.97 Å². The van der Waals surface area contributed by atoms with Gasteiger partial charge in [-0.15, -0.1) is 0 Å². The molecule has 4 heterocycles. The van der Waals surface area contributed by atoms with Gasteiger partial charge in [0, 0.05) is 37.9 Å². The number of carbonyl (C=O) groups excluding carboxylic acids is 1. The van der Waals surface area contributed by atoms with Gasteiger partial charge in [-0.3, -0.25) is 4.79 Å². The zero-order valence-electron chi connectivity index (χ0n) is 15.0. The quantitative estimate of drug-likeness (QED) is 0.544. The summed E-state index contributed by atoms with van der Waals surface area (Å²) in [6, 6.07) is 13.7. The fraction of sp³-hybridized carbons (Fsp3) is 0.200. The molecule has 1 aliphatic heterocycles. The molecular weight excluding hydrogens is 358 g/mol. The van der Waals surface area contributed by atoms with E-state index in [4.69, 9.17) is 8.83 Å². The second kappa shape index (κ2) is 6.80. The molecule has 1 fully saturated rings. The highest BCUT2D eigenvalue weighted by molar-refractivity contribution is 5.92. The lowest BCUT2D eigenvalue weighted by Gasteiger charge is -2.33. The molecule has 0 unspecified atom stereocenters. The number of amides is 1. The van der Waals surface area contributed by atoms with Crippen molar-refractivity contribution in [3.8, 4) is 11.5 Å². The molecule has 0 radical (unpaired) electrons. The summed E-state index contributed by atoms with van der Waals surface area (Å²) in [5.41, 5.74) is 2.41. The Balaban J connectivity index is 1.26. The van der Waals surface area contributed by atoms with Gasteiger partial charge in [-0.05, 0) is 24.3 Å². The first-order chi connectivity index (χ1) is 13.8. The van der Waals surface area contributed by atoms with E-state index in [1.807, 2.05) is 47.4 Å². The Hall–Kier alpha value is -3.68. The predicted octanol–water partition coefficient (Wildman–Crippen LogP) is 2.84.